The fourth-order valence-electron chi connectivity index (χ4n) is 3.32. The highest BCUT2D eigenvalue weighted by atomic mass is 16.4. The lowest BCUT2D eigenvalue weighted by atomic mass is 9.93. The molecule has 1 saturated heterocycles. The molecule has 1 aromatic rings. The summed E-state index contributed by atoms with van der Waals surface area (Å²) < 4.78 is 0. The molecule has 112 valence electrons. The van der Waals surface area contributed by atoms with E-state index in [1.165, 1.54) is 4.90 Å². The summed E-state index contributed by atoms with van der Waals surface area (Å²) >= 11 is 0. The van der Waals surface area contributed by atoms with Crippen LogP contribution >= 0.6 is 0 Å². The van der Waals surface area contributed by atoms with Gasteiger partial charge in [-0.3, -0.25) is 9.69 Å². The Bertz CT molecular complexity index is 572. The van der Waals surface area contributed by atoms with E-state index in [4.69, 9.17) is 0 Å². The van der Waals surface area contributed by atoms with Gasteiger partial charge < -0.3 is 10.4 Å². The molecule has 1 fully saturated rings. The summed E-state index contributed by atoms with van der Waals surface area (Å²) in [5, 5.41) is 12.7. The highest BCUT2D eigenvalue weighted by Crippen LogP contribution is 2.33. The number of rotatable bonds is 2. The molecule has 2 N–H and O–H groups in total. The normalized spacial score (nSPS) is 28.2. The van der Waals surface area contributed by atoms with Gasteiger partial charge in [0.05, 0.1) is 6.04 Å². The largest absolute Gasteiger partial charge is 0.480 e. The summed E-state index contributed by atoms with van der Waals surface area (Å²) in [4.78, 5) is 25.8. The fraction of sp³-hybridized carbons (Fsp3) is 0.500. The minimum Gasteiger partial charge on any atom is -0.480 e. The summed E-state index contributed by atoms with van der Waals surface area (Å²) in [5.41, 5.74) is 1.68. The number of aliphatic carboxylic acids is 1. The second-order valence-electron chi connectivity index (χ2n) is 6.03. The van der Waals surface area contributed by atoms with Crippen LogP contribution in [0, 0.1) is 5.92 Å². The number of carboxylic acid groups (broad SMARTS) is 1. The third kappa shape index (κ3) is 2.53. The number of piperidine rings is 1. The van der Waals surface area contributed by atoms with Gasteiger partial charge in [-0.05, 0) is 36.9 Å². The van der Waals surface area contributed by atoms with Crippen molar-refractivity contribution in [3.8, 4) is 0 Å². The molecule has 0 aliphatic carbocycles. The lowest BCUT2D eigenvalue weighted by Crippen LogP contribution is -2.54. The molecule has 2 aliphatic heterocycles. The molecule has 2 unspecified atom stereocenters. The van der Waals surface area contributed by atoms with Crippen LogP contribution in [-0.4, -0.2) is 35.6 Å². The van der Waals surface area contributed by atoms with Crippen LogP contribution in [0.25, 0.3) is 0 Å². The molecular formula is C16H20N2O3. The van der Waals surface area contributed by atoms with Gasteiger partial charge in [0.1, 0.15) is 6.04 Å². The maximum Gasteiger partial charge on any atom is 0.327 e. The molecule has 0 spiro atoms. The van der Waals surface area contributed by atoms with Gasteiger partial charge in [-0.15, -0.1) is 0 Å². The minimum absolute atomic E-state index is 0.112. The first kappa shape index (κ1) is 14.1. The number of amides is 1. The highest BCUT2D eigenvalue weighted by Gasteiger charge is 2.41. The Morgan fingerprint density at radius 2 is 2.10 bits per heavy atom. The van der Waals surface area contributed by atoms with Crippen LogP contribution in [0.4, 0.5) is 5.69 Å². The van der Waals surface area contributed by atoms with Crippen molar-refractivity contribution in [3.63, 3.8) is 0 Å². The zero-order valence-corrected chi connectivity index (χ0v) is 12.1. The number of fused-ring (bicyclic) bond motifs is 1. The molecule has 0 saturated carbocycles. The van der Waals surface area contributed by atoms with Crippen LogP contribution in [0.2, 0.25) is 0 Å². The van der Waals surface area contributed by atoms with Crippen LogP contribution in [0.5, 0.6) is 0 Å². The van der Waals surface area contributed by atoms with Gasteiger partial charge in [0.2, 0.25) is 5.91 Å². The summed E-state index contributed by atoms with van der Waals surface area (Å²) in [6, 6.07) is 6.40. The number of hydrogen-bond acceptors (Lipinski definition) is 3. The van der Waals surface area contributed by atoms with E-state index < -0.39 is 12.0 Å². The third-order valence-electron chi connectivity index (χ3n) is 4.46. The first-order chi connectivity index (χ1) is 10.1. The Balaban J connectivity index is 1.90. The SMILES string of the molecule is CC1CCNC(C(=O)N2c3ccccc3C[C@H]2C(=O)O)C1. The standard InChI is InChI=1S/C16H20N2O3/c1-10-6-7-17-12(8-10)15(19)18-13-5-3-2-4-11(13)9-14(18)16(20)21/h2-5,10,12,14,17H,6-9H2,1H3,(H,20,21)/t10?,12?,14-/m0/s1. The number of para-hydroxylation sites is 1. The summed E-state index contributed by atoms with van der Waals surface area (Å²) in [6.45, 7) is 2.94. The zero-order chi connectivity index (χ0) is 15.0. The molecule has 2 heterocycles. The topological polar surface area (TPSA) is 69.6 Å². The highest BCUT2D eigenvalue weighted by molar-refractivity contribution is 6.04. The van der Waals surface area contributed by atoms with Gasteiger partial charge in [0.25, 0.3) is 0 Å². The smallest absolute Gasteiger partial charge is 0.327 e. The van der Waals surface area contributed by atoms with E-state index in [0.29, 0.717) is 12.3 Å². The predicted octanol–water partition coefficient (Wildman–Crippen LogP) is 1.42. The lowest BCUT2D eigenvalue weighted by molar-refractivity contribution is -0.140. The van der Waals surface area contributed by atoms with E-state index in [1.54, 1.807) is 0 Å². The van der Waals surface area contributed by atoms with Crippen molar-refractivity contribution in [2.45, 2.75) is 38.3 Å². The maximum atomic E-state index is 12.8. The quantitative estimate of drug-likeness (QED) is 0.863. The Morgan fingerprint density at radius 1 is 1.33 bits per heavy atom. The lowest BCUT2D eigenvalue weighted by Gasteiger charge is -2.32. The van der Waals surface area contributed by atoms with E-state index in [2.05, 4.69) is 12.2 Å². The zero-order valence-electron chi connectivity index (χ0n) is 12.1. The number of carbonyl (C=O) groups is 2. The second-order valence-corrected chi connectivity index (χ2v) is 6.03. The van der Waals surface area contributed by atoms with Crippen molar-refractivity contribution in [1.29, 1.82) is 0 Å². The van der Waals surface area contributed by atoms with Crippen molar-refractivity contribution in [1.82, 2.24) is 5.32 Å². The van der Waals surface area contributed by atoms with Crippen LogP contribution in [0.3, 0.4) is 0 Å². The van der Waals surface area contributed by atoms with Crippen molar-refractivity contribution in [3.05, 3.63) is 29.8 Å². The van der Waals surface area contributed by atoms with Gasteiger partial charge in [-0.25, -0.2) is 4.79 Å². The summed E-state index contributed by atoms with van der Waals surface area (Å²) in [7, 11) is 0. The number of nitrogens with one attached hydrogen (secondary N) is 1. The molecule has 0 aromatic heterocycles. The number of benzene rings is 1. The Kier molecular flexibility index (Phi) is 3.68. The molecule has 1 aromatic carbocycles. The number of hydrogen-bond donors (Lipinski definition) is 2. The van der Waals surface area contributed by atoms with Gasteiger partial charge >= 0.3 is 5.97 Å². The van der Waals surface area contributed by atoms with Crippen LogP contribution in [0.1, 0.15) is 25.3 Å². The third-order valence-corrected chi connectivity index (χ3v) is 4.46. The molecule has 5 heteroatoms. The average Bonchev–Trinajstić information content (AvgIpc) is 2.86. The van der Waals surface area contributed by atoms with E-state index in [1.807, 2.05) is 24.3 Å². The van der Waals surface area contributed by atoms with Gasteiger partial charge in [0, 0.05) is 12.1 Å². The van der Waals surface area contributed by atoms with Crippen molar-refractivity contribution in [2.24, 2.45) is 5.92 Å². The molecule has 2 aliphatic rings. The predicted molar refractivity (Wildman–Crippen MR) is 79.2 cm³/mol. The van der Waals surface area contributed by atoms with E-state index in [-0.39, 0.29) is 11.9 Å². The minimum atomic E-state index is -0.941. The van der Waals surface area contributed by atoms with Crippen molar-refractivity contribution in [2.75, 3.05) is 11.4 Å². The Hall–Kier alpha value is -1.88. The van der Waals surface area contributed by atoms with E-state index in [9.17, 15) is 14.7 Å². The van der Waals surface area contributed by atoms with Crippen molar-refractivity contribution < 1.29 is 14.7 Å². The molecule has 0 radical (unpaired) electrons. The Morgan fingerprint density at radius 3 is 2.81 bits per heavy atom. The maximum absolute atomic E-state index is 12.8. The molecule has 3 rings (SSSR count). The van der Waals surface area contributed by atoms with E-state index in [0.717, 1.165) is 30.6 Å². The molecular weight excluding hydrogens is 268 g/mol. The van der Waals surface area contributed by atoms with Gasteiger partial charge in [0.15, 0.2) is 0 Å². The van der Waals surface area contributed by atoms with Crippen LogP contribution < -0.4 is 10.2 Å². The first-order valence-electron chi connectivity index (χ1n) is 7.45. The molecule has 0 bridgehead atoms. The fourth-order valence-corrected chi connectivity index (χ4v) is 3.32. The van der Waals surface area contributed by atoms with E-state index >= 15 is 0 Å². The van der Waals surface area contributed by atoms with Gasteiger partial charge in [-0.2, -0.15) is 0 Å². The number of carboxylic acids is 1. The number of nitrogens with zero attached hydrogens (tertiary/aromatic N) is 1. The molecule has 5 nitrogen and oxygen atoms in total. The van der Waals surface area contributed by atoms with Gasteiger partial charge in [-0.1, -0.05) is 25.1 Å². The monoisotopic (exact) mass is 288 g/mol. The molecule has 21 heavy (non-hydrogen) atoms. The molecule has 1 amide bonds. The number of carbonyl (C=O) groups excluding carboxylic acids is 1. The first-order valence-corrected chi connectivity index (χ1v) is 7.45. The second kappa shape index (κ2) is 5.48. The van der Waals surface area contributed by atoms with Crippen LogP contribution in [-0.2, 0) is 16.0 Å². The van der Waals surface area contributed by atoms with Crippen LogP contribution in [0.15, 0.2) is 24.3 Å². The molecule has 3 atom stereocenters. The average molecular weight is 288 g/mol. The summed E-state index contributed by atoms with van der Waals surface area (Å²) in [6.07, 6.45) is 2.21. The van der Waals surface area contributed by atoms with Crippen molar-refractivity contribution >= 4 is 17.6 Å². The Labute approximate surface area is 123 Å². The summed E-state index contributed by atoms with van der Waals surface area (Å²) in [5.74, 6) is -0.566. The number of anilines is 1.